The van der Waals surface area contributed by atoms with E-state index < -0.39 is 4.92 Å². The van der Waals surface area contributed by atoms with Crippen LogP contribution in [0.5, 0.6) is 0 Å². The Hall–Kier alpha value is -1.66. The second-order valence-electron chi connectivity index (χ2n) is 6.46. The van der Waals surface area contributed by atoms with Crippen LogP contribution in [0.2, 0.25) is 0 Å². The molecule has 23 heavy (non-hydrogen) atoms. The molecule has 2 aliphatic rings. The number of rotatable bonds is 3. The topological polar surface area (TPSA) is 98.3 Å². The van der Waals surface area contributed by atoms with E-state index in [1.807, 2.05) is 0 Å². The Labute approximate surface area is 141 Å². The Kier molecular flexibility index (Phi) is 5.59. The lowest BCUT2D eigenvalue weighted by atomic mass is 9.67. The summed E-state index contributed by atoms with van der Waals surface area (Å²) in [5.74, 6) is 0.452. The summed E-state index contributed by atoms with van der Waals surface area (Å²) in [6, 6.07) is 6.42. The summed E-state index contributed by atoms with van der Waals surface area (Å²) in [4.78, 5) is 23.1. The fraction of sp³-hybridized carbons (Fsp3) is 0.562. The quantitative estimate of drug-likeness (QED) is 0.653. The zero-order chi connectivity index (χ0) is 15.7. The van der Waals surface area contributed by atoms with Gasteiger partial charge in [-0.2, -0.15) is 0 Å². The van der Waals surface area contributed by atoms with Crippen LogP contribution in [-0.4, -0.2) is 22.9 Å². The molecule has 7 heteroatoms. The number of fused-ring (bicyclic) bond motifs is 2. The van der Waals surface area contributed by atoms with Crippen LogP contribution in [0.3, 0.4) is 0 Å². The summed E-state index contributed by atoms with van der Waals surface area (Å²) in [5, 5.41) is 14.1. The number of para-hydroxylation sites is 1. The van der Waals surface area contributed by atoms with Gasteiger partial charge in [0.15, 0.2) is 0 Å². The monoisotopic (exact) mass is 339 g/mol. The Bertz CT molecular complexity index is 582. The highest BCUT2D eigenvalue weighted by Crippen LogP contribution is 2.39. The first-order valence-corrected chi connectivity index (χ1v) is 7.86. The van der Waals surface area contributed by atoms with E-state index in [4.69, 9.17) is 5.73 Å². The first-order chi connectivity index (χ1) is 10.6. The van der Waals surface area contributed by atoms with Crippen molar-refractivity contribution >= 4 is 24.0 Å². The molecular formula is C16H22ClN3O3. The van der Waals surface area contributed by atoms with Crippen molar-refractivity contribution < 1.29 is 9.72 Å². The molecule has 1 aromatic rings. The van der Waals surface area contributed by atoms with Gasteiger partial charge in [0.1, 0.15) is 5.56 Å². The van der Waals surface area contributed by atoms with Gasteiger partial charge in [-0.25, -0.2) is 0 Å². The second-order valence-corrected chi connectivity index (χ2v) is 6.46. The average Bonchev–Trinajstić information content (AvgIpc) is 2.48. The summed E-state index contributed by atoms with van der Waals surface area (Å²) >= 11 is 0. The standard InChI is InChI=1S/C16H21N3O3.ClH/c17-12-8-10-4-3-5-11(9-12)15(10)18-16(20)13-6-1-2-7-14(13)19(21)22;/h1-2,6-7,10-12,15H,3-5,8-9,17H2,(H,18,20);1H. The number of hydrogen-bond acceptors (Lipinski definition) is 4. The first kappa shape index (κ1) is 17.7. The molecule has 2 fully saturated rings. The number of nitro benzene ring substituents is 1. The van der Waals surface area contributed by atoms with E-state index in [1.54, 1.807) is 12.1 Å². The largest absolute Gasteiger partial charge is 0.349 e. The van der Waals surface area contributed by atoms with Gasteiger partial charge in [-0.05, 0) is 43.6 Å². The van der Waals surface area contributed by atoms with Gasteiger partial charge in [-0.1, -0.05) is 18.6 Å². The summed E-state index contributed by atoms with van der Waals surface area (Å²) < 4.78 is 0. The Morgan fingerprint density at radius 2 is 1.83 bits per heavy atom. The van der Waals surface area contributed by atoms with Gasteiger partial charge in [0.25, 0.3) is 11.6 Å². The number of nitrogens with one attached hydrogen (secondary N) is 1. The summed E-state index contributed by atoms with van der Waals surface area (Å²) in [5.41, 5.74) is 6.09. The molecule has 2 bridgehead atoms. The van der Waals surface area contributed by atoms with E-state index in [2.05, 4.69) is 5.32 Å². The zero-order valence-corrected chi connectivity index (χ0v) is 13.6. The van der Waals surface area contributed by atoms with E-state index in [9.17, 15) is 14.9 Å². The second kappa shape index (κ2) is 7.27. The van der Waals surface area contributed by atoms with E-state index in [1.165, 1.54) is 18.6 Å². The number of nitrogens with two attached hydrogens (primary N) is 1. The van der Waals surface area contributed by atoms with E-state index in [0.717, 1.165) is 25.7 Å². The molecule has 126 valence electrons. The SMILES string of the molecule is Cl.NC1CC2CCCC(C1)C2NC(=O)c1ccccc1[N+](=O)[O-]. The summed E-state index contributed by atoms with van der Waals surface area (Å²) in [7, 11) is 0. The first-order valence-electron chi connectivity index (χ1n) is 7.86. The van der Waals surface area contributed by atoms with Crippen LogP contribution in [0.4, 0.5) is 5.69 Å². The molecule has 0 radical (unpaired) electrons. The number of nitro groups is 1. The minimum Gasteiger partial charge on any atom is -0.349 e. The number of hydrogen-bond donors (Lipinski definition) is 2. The molecule has 3 rings (SSSR count). The molecule has 2 unspecified atom stereocenters. The van der Waals surface area contributed by atoms with Gasteiger partial charge in [0.2, 0.25) is 0 Å². The Morgan fingerprint density at radius 1 is 1.22 bits per heavy atom. The Morgan fingerprint density at radius 3 is 2.43 bits per heavy atom. The predicted molar refractivity (Wildman–Crippen MR) is 89.6 cm³/mol. The van der Waals surface area contributed by atoms with Gasteiger partial charge >= 0.3 is 0 Å². The predicted octanol–water partition coefficient (Wildman–Crippen LogP) is 2.65. The molecular weight excluding hydrogens is 318 g/mol. The van der Waals surface area contributed by atoms with E-state index in [-0.39, 0.29) is 41.6 Å². The van der Waals surface area contributed by atoms with Crippen LogP contribution < -0.4 is 11.1 Å². The van der Waals surface area contributed by atoms with Gasteiger partial charge < -0.3 is 11.1 Å². The maximum atomic E-state index is 12.5. The number of halogens is 1. The molecule has 1 amide bonds. The third kappa shape index (κ3) is 3.64. The van der Waals surface area contributed by atoms with Gasteiger partial charge in [0, 0.05) is 18.2 Å². The third-order valence-corrected chi connectivity index (χ3v) is 5.02. The minimum atomic E-state index is -0.507. The smallest absolute Gasteiger partial charge is 0.282 e. The van der Waals surface area contributed by atoms with Crippen molar-refractivity contribution in [1.82, 2.24) is 5.32 Å². The van der Waals surface area contributed by atoms with Gasteiger partial charge in [-0.3, -0.25) is 14.9 Å². The number of carbonyl (C=O) groups excluding carboxylic acids is 1. The molecule has 6 nitrogen and oxygen atoms in total. The van der Waals surface area contributed by atoms with Gasteiger partial charge in [-0.15, -0.1) is 12.4 Å². The van der Waals surface area contributed by atoms with Crippen LogP contribution in [0, 0.1) is 22.0 Å². The van der Waals surface area contributed by atoms with Crippen molar-refractivity contribution in [3.63, 3.8) is 0 Å². The maximum Gasteiger partial charge on any atom is 0.282 e. The molecule has 0 aromatic heterocycles. The number of nitrogens with zero attached hydrogens (tertiary/aromatic N) is 1. The molecule has 3 N–H and O–H groups in total. The summed E-state index contributed by atoms with van der Waals surface area (Å²) in [6.07, 6.45) is 5.19. The number of benzene rings is 1. The molecule has 2 saturated carbocycles. The van der Waals surface area contributed by atoms with Crippen LogP contribution in [0.25, 0.3) is 0 Å². The van der Waals surface area contributed by atoms with Crippen molar-refractivity contribution in [3.05, 3.63) is 39.9 Å². The fourth-order valence-electron chi connectivity index (χ4n) is 4.08. The van der Waals surface area contributed by atoms with Crippen molar-refractivity contribution in [1.29, 1.82) is 0 Å². The van der Waals surface area contributed by atoms with E-state index in [0.29, 0.717) is 11.8 Å². The minimum absolute atomic E-state index is 0. The molecule has 0 saturated heterocycles. The van der Waals surface area contributed by atoms with Crippen molar-refractivity contribution in [2.75, 3.05) is 0 Å². The molecule has 1 aromatic carbocycles. The fourth-order valence-corrected chi connectivity index (χ4v) is 4.08. The van der Waals surface area contributed by atoms with Crippen LogP contribution in [0.1, 0.15) is 42.5 Å². The number of amides is 1. The van der Waals surface area contributed by atoms with Crippen LogP contribution >= 0.6 is 12.4 Å². The molecule has 2 atom stereocenters. The highest BCUT2D eigenvalue weighted by atomic mass is 35.5. The highest BCUT2D eigenvalue weighted by molar-refractivity contribution is 5.98. The van der Waals surface area contributed by atoms with Gasteiger partial charge in [0.05, 0.1) is 4.92 Å². The Balaban J connectivity index is 0.00000192. The molecule has 0 spiro atoms. The average molecular weight is 340 g/mol. The zero-order valence-electron chi connectivity index (χ0n) is 12.8. The highest BCUT2D eigenvalue weighted by Gasteiger charge is 2.40. The van der Waals surface area contributed by atoms with E-state index >= 15 is 0 Å². The van der Waals surface area contributed by atoms with Crippen molar-refractivity contribution in [3.8, 4) is 0 Å². The molecule has 0 heterocycles. The lowest BCUT2D eigenvalue weighted by Gasteiger charge is -2.45. The third-order valence-electron chi connectivity index (χ3n) is 5.02. The lowest BCUT2D eigenvalue weighted by Crippen LogP contribution is -2.53. The normalized spacial score (nSPS) is 29.3. The van der Waals surface area contributed by atoms with Crippen molar-refractivity contribution in [2.45, 2.75) is 44.2 Å². The molecule has 0 aliphatic heterocycles. The van der Waals surface area contributed by atoms with Crippen LogP contribution in [-0.2, 0) is 0 Å². The number of carbonyl (C=O) groups is 1. The lowest BCUT2D eigenvalue weighted by molar-refractivity contribution is -0.385. The molecule has 2 aliphatic carbocycles. The van der Waals surface area contributed by atoms with Crippen LogP contribution in [0.15, 0.2) is 24.3 Å². The van der Waals surface area contributed by atoms with Crippen molar-refractivity contribution in [2.24, 2.45) is 17.6 Å². The maximum absolute atomic E-state index is 12.5. The summed E-state index contributed by atoms with van der Waals surface area (Å²) in [6.45, 7) is 0.